The SMILES string of the molecule is CCCn1ncnc1CC(O)CCCCl. The summed E-state index contributed by atoms with van der Waals surface area (Å²) in [6.07, 6.45) is 4.33. The summed E-state index contributed by atoms with van der Waals surface area (Å²) >= 11 is 5.56. The molecule has 1 heterocycles. The molecular weight excluding hydrogens is 214 g/mol. The molecule has 0 saturated carbocycles. The van der Waals surface area contributed by atoms with Crippen molar-refractivity contribution < 1.29 is 5.11 Å². The number of aliphatic hydroxyl groups excluding tert-OH is 1. The van der Waals surface area contributed by atoms with E-state index in [4.69, 9.17) is 11.6 Å². The predicted molar refractivity (Wildman–Crippen MR) is 60.0 cm³/mol. The molecule has 0 spiro atoms. The summed E-state index contributed by atoms with van der Waals surface area (Å²) in [5.74, 6) is 1.46. The van der Waals surface area contributed by atoms with Gasteiger partial charge in [0.25, 0.3) is 0 Å². The number of hydrogen-bond acceptors (Lipinski definition) is 3. The van der Waals surface area contributed by atoms with Crippen LogP contribution in [0.1, 0.15) is 32.0 Å². The van der Waals surface area contributed by atoms with Crippen LogP contribution in [0.15, 0.2) is 6.33 Å². The van der Waals surface area contributed by atoms with Gasteiger partial charge in [-0.1, -0.05) is 6.92 Å². The number of aryl methyl sites for hydroxylation is 1. The van der Waals surface area contributed by atoms with E-state index >= 15 is 0 Å². The minimum Gasteiger partial charge on any atom is -0.393 e. The number of alkyl halides is 1. The number of aromatic nitrogens is 3. The van der Waals surface area contributed by atoms with Gasteiger partial charge in [0.15, 0.2) is 0 Å². The Morgan fingerprint density at radius 2 is 2.40 bits per heavy atom. The van der Waals surface area contributed by atoms with Crippen molar-refractivity contribution in [3.05, 3.63) is 12.2 Å². The highest BCUT2D eigenvalue weighted by Gasteiger charge is 2.10. The lowest BCUT2D eigenvalue weighted by Gasteiger charge is -2.09. The first-order valence-electron chi connectivity index (χ1n) is 5.38. The van der Waals surface area contributed by atoms with Crippen LogP contribution in [-0.2, 0) is 13.0 Å². The normalized spacial score (nSPS) is 13.0. The Morgan fingerprint density at radius 3 is 3.07 bits per heavy atom. The van der Waals surface area contributed by atoms with Crippen molar-refractivity contribution in [1.29, 1.82) is 0 Å². The van der Waals surface area contributed by atoms with Crippen LogP contribution >= 0.6 is 11.6 Å². The maximum atomic E-state index is 9.71. The maximum Gasteiger partial charge on any atom is 0.138 e. The zero-order chi connectivity index (χ0) is 11.1. The van der Waals surface area contributed by atoms with Gasteiger partial charge in [-0.25, -0.2) is 4.98 Å². The molecule has 0 amide bonds. The van der Waals surface area contributed by atoms with Gasteiger partial charge in [0, 0.05) is 18.8 Å². The van der Waals surface area contributed by atoms with Crippen LogP contribution in [0.5, 0.6) is 0 Å². The van der Waals surface area contributed by atoms with Crippen molar-refractivity contribution in [2.24, 2.45) is 0 Å². The van der Waals surface area contributed by atoms with E-state index in [1.54, 1.807) is 6.33 Å². The van der Waals surface area contributed by atoms with E-state index in [2.05, 4.69) is 17.0 Å². The van der Waals surface area contributed by atoms with E-state index in [0.29, 0.717) is 12.3 Å². The van der Waals surface area contributed by atoms with E-state index in [0.717, 1.165) is 31.6 Å². The Labute approximate surface area is 95.3 Å². The molecule has 1 aromatic rings. The van der Waals surface area contributed by atoms with Crippen molar-refractivity contribution in [3.63, 3.8) is 0 Å². The molecule has 1 aromatic heterocycles. The highest BCUT2D eigenvalue weighted by molar-refractivity contribution is 6.17. The fraction of sp³-hybridized carbons (Fsp3) is 0.800. The zero-order valence-electron chi connectivity index (χ0n) is 9.06. The first kappa shape index (κ1) is 12.5. The number of halogens is 1. The van der Waals surface area contributed by atoms with Gasteiger partial charge in [-0.2, -0.15) is 5.10 Å². The molecule has 1 N–H and O–H groups in total. The van der Waals surface area contributed by atoms with Crippen molar-refractivity contribution in [1.82, 2.24) is 14.8 Å². The Bertz CT molecular complexity index is 277. The first-order chi connectivity index (χ1) is 7.27. The van der Waals surface area contributed by atoms with Gasteiger partial charge >= 0.3 is 0 Å². The largest absolute Gasteiger partial charge is 0.393 e. The molecule has 1 unspecified atom stereocenters. The Kier molecular flexibility index (Phi) is 5.65. The molecular formula is C10H18ClN3O. The van der Waals surface area contributed by atoms with Crippen molar-refractivity contribution in [2.75, 3.05) is 5.88 Å². The maximum absolute atomic E-state index is 9.71. The third kappa shape index (κ3) is 4.18. The second-order valence-electron chi connectivity index (χ2n) is 3.59. The van der Waals surface area contributed by atoms with Crippen LogP contribution in [0.2, 0.25) is 0 Å². The molecule has 0 aliphatic rings. The minimum absolute atomic E-state index is 0.358. The van der Waals surface area contributed by atoms with Crippen LogP contribution < -0.4 is 0 Å². The van der Waals surface area contributed by atoms with Crippen LogP contribution in [0.25, 0.3) is 0 Å². The number of hydrogen-bond donors (Lipinski definition) is 1. The van der Waals surface area contributed by atoms with Crippen molar-refractivity contribution in [3.8, 4) is 0 Å². The topological polar surface area (TPSA) is 50.9 Å². The predicted octanol–water partition coefficient (Wildman–Crippen LogP) is 1.61. The molecule has 0 aliphatic heterocycles. The van der Waals surface area contributed by atoms with Gasteiger partial charge in [-0.3, -0.25) is 4.68 Å². The summed E-state index contributed by atoms with van der Waals surface area (Å²) in [7, 11) is 0. The van der Waals surface area contributed by atoms with E-state index in [-0.39, 0.29) is 6.10 Å². The molecule has 0 aromatic carbocycles. The molecule has 0 fully saturated rings. The summed E-state index contributed by atoms with van der Waals surface area (Å²) in [6.45, 7) is 2.95. The fourth-order valence-corrected chi connectivity index (χ4v) is 1.62. The highest BCUT2D eigenvalue weighted by Crippen LogP contribution is 2.06. The van der Waals surface area contributed by atoms with Gasteiger partial charge in [0.1, 0.15) is 12.2 Å². The number of rotatable bonds is 7. The average Bonchev–Trinajstić information content (AvgIpc) is 2.63. The molecule has 5 heteroatoms. The minimum atomic E-state index is -0.358. The quantitative estimate of drug-likeness (QED) is 0.726. The molecule has 1 atom stereocenters. The van der Waals surface area contributed by atoms with E-state index in [9.17, 15) is 5.11 Å². The third-order valence-electron chi connectivity index (χ3n) is 2.22. The smallest absolute Gasteiger partial charge is 0.138 e. The van der Waals surface area contributed by atoms with Gasteiger partial charge in [-0.05, 0) is 19.3 Å². The zero-order valence-corrected chi connectivity index (χ0v) is 9.82. The monoisotopic (exact) mass is 231 g/mol. The second kappa shape index (κ2) is 6.80. The Balaban J connectivity index is 2.44. The highest BCUT2D eigenvalue weighted by atomic mass is 35.5. The van der Waals surface area contributed by atoms with Crippen molar-refractivity contribution >= 4 is 11.6 Å². The second-order valence-corrected chi connectivity index (χ2v) is 3.97. The summed E-state index contributed by atoms with van der Waals surface area (Å²) in [6, 6.07) is 0. The van der Waals surface area contributed by atoms with Crippen LogP contribution in [0.4, 0.5) is 0 Å². The lowest BCUT2D eigenvalue weighted by atomic mass is 10.1. The van der Waals surface area contributed by atoms with Gasteiger partial charge < -0.3 is 5.11 Å². The lowest BCUT2D eigenvalue weighted by molar-refractivity contribution is 0.160. The first-order valence-corrected chi connectivity index (χ1v) is 5.92. The van der Waals surface area contributed by atoms with Crippen LogP contribution in [-0.4, -0.2) is 31.9 Å². The number of aliphatic hydroxyl groups is 1. The summed E-state index contributed by atoms with van der Waals surface area (Å²) in [5, 5.41) is 13.8. The standard InChI is InChI=1S/C10H18ClN3O/c1-2-6-14-10(12-8-13-14)7-9(15)4-3-5-11/h8-9,15H,2-7H2,1H3. The molecule has 4 nitrogen and oxygen atoms in total. The molecule has 0 bridgehead atoms. The van der Waals surface area contributed by atoms with E-state index in [1.807, 2.05) is 4.68 Å². The number of nitrogens with zero attached hydrogens (tertiary/aromatic N) is 3. The third-order valence-corrected chi connectivity index (χ3v) is 2.49. The Morgan fingerprint density at radius 1 is 1.60 bits per heavy atom. The van der Waals surface area contributed by atoms with E-state index < -0.39 is 0 Å². The molecule has 0 saturated heterocycles. The lowest BCUT2D eigenvalue weighted by Crippen LogP contribution is -2.15. The van der Waals surface area contributed by atoms with Crippen LogP contribution in [0, 0.1) is 0 Å². The summed E-state index contributed by atoms with van der Waals surface area (Å²) in [4.78, 5) is 4.14. The van der Waals surface area contributed by atoms with Gasteiger partial charge in [0.05, 0.1) is 6.10 Å². The molecule has 86 valence electrons. The van der Waals surface area contributed by atoms with Gasteiger partial charge in [0.2, 0.25) is 0 Å². The Hall–Kier alpha value is -0.610. The summed E-state index contributed by atoms with van der Waals surface area (Å²) < 4.78 is 1.85. The van der Waals surface area contributed by atoms with Crippen molar-refractivity contribution in [2.45, 2.75) is 45.3 Å². The summed E-state index contributed by atoms with van der Waals surface area (Å²) in [5.41, 5.74) is 0. The molecule has 15 heavy (non-hydrogen) atoms. The average molecular weight is 232 g/mol. The van der Waals surface area contributed by atoms with Gasteiger partial charge in [-0.15, -0.1) is 11.6 Å². The van der Waals surface area contributed by atoms with Crippen LogP contribution in [0.3, 0.4) is 0 Å². The van der Waals surface area contributed by atoms with E-state index in [1.165, 1.54) is 0 Å². The fourth-order valence-electron chi connectivity index (χ4n) is 1.47. The molecule has 0 radical (unpaired) electrons. The molecule has 1 rings (SSSR count). The molecule has 0 aliphatic carbocycles.